The van der Waals surface area contributed by atoms with Gasteiger partial charge in [-0.05, 0) is 44.6 Å². The van der Waals surface area contributed by atoms with Gasteiger partial charge in [-0.25, -0.2) is 9.78 Å². The highest BCUT2D eigenvalue weighted by Gasteiger charge is 2.05. The fourth-order valence-corrected chi connectivity index (χ4v) is 1.42. The van der Waals surface area contributed by atoms with E-state index in [9.17, 15) is 4.79 Å². The van der Waals surface area contributed by atoms with E-state index in [0.717, 1.165) is 3.57 Å². The van der Waals surface area contributed by atoms with Gasteiger partial charge in [0.25, 0.3) is 0 Å². The quantitative estimate of drug-likeness (QED) is 0.609. The number of hydrogen-bond donors (Lipinski definition) is 2. The van der Waals surface area contributed by atoms with E-state index in [1.54, 1.807) is 6.07 Å². The van der Waals surface area contributed by atoms with E-state index in [2.05, 4.69) is 26.2 Å². The van der Waals surface area contributed by atoms with Crippen LogP contribution in [0.2, 0.25) is 0 Å². The van der Waals surface area contributed by atoms with Gasteiger partial charge in [-0.1, -0.05) is 0 Å². The molecule has 0 bridgehead atoms. The first-order chi connectivity index (χ1) is 5.61. The van der Waals surface area contributed by atoms with Crippen LogP contribution in [-0.4, -0.2) is 16.2 Å². The summed E-state index contributed by atoms with van der Waals surface area (Å²) in [7, 11) is 0. The number of carbonyl (C=O) groups is 1. The Morgan fingerprint density at radius 1 is 1.75 bits per heavy atom. The molecule has 64 valence electrons. The number of nitrogens with zero attached hydrogens (tertiary/aromatic N) is 1. The second-order valence-electron chi connectivity index (χ2n) is 1.89. The third-order valence-electron chi connectivity index (χ3n) is 1.09. The van der Waals surface area contributed by atoms with Crippen molar-refractivity contribution in [1.82, 2.24) is 4.98 Å². The number of hydrogen-bond acceptors (Lipinski definition) is 2. The molecule has 2 N–H and O–H groups in total. The predicted molar refractivity (Wildman–Crippen MR) is 56.3 cm³/mol. The maximum Gasteiger partial charge on any atom is 0.409 e. The van der Waals surface area contributed by atoms with Crippen molar-refractivity contribution in [2.45, 2.75) is 0 Å². The van der Waals surface area contributed by atoms with Crippen molar-refractivity contribution in [1.29, 1.82) is 0 Å². The van der Waals surface area contributed by atoms with Crippen LogP contribution in [0.4, 0.5) is 10.5 Å². The summed E-state index contributed by atoms with van der Waals surface area (Å²) >= 11 is 5.19. The molecule has 0 aliphatic rings. The van der Waals surface area contributed by atoms with Crippen LogP contribution in [0, 0.1) is 3.57 Å². The Labute approximate surface area is 90.7 Å². The fraction of sp³-hybridized carbons (Fsp3) is 0. The molecule has 1 heterocycles. The second kappa shape index (κ2) is 4.04. The number of carboxylic acid groups (broad SMARTS) is 1. The highest BCUT2D eigenvalue weighted by atomic mass is 127. The number of anilines is 1. The third kappa shape index (κ3) is 2.31. The van der Waals surface area contributed by atoms with E-state index in [1.165, 1.54) is 6.20 Å². The molecule has 0 aromatic carbocycles. The van der Waals surface area contributed by atoms with Crippen molar-refractivity contribution in [3.8, 4) is 0 Å². The van der Waals surface area contributed by atoms with Crippen LogP contribution in [0.1, 0.15) is 0 Å². The van der Waals surface area contributed by atoms with E-state index >= 15 is 0 Å². The largest absolute Gasteiger partial charge is 0.465 e. The van der Waals surface area contributed by atoms with Gasteiger partial charge in [-0.2, -0.15) is 0 Å². The van der Waals surface area contributed by atoms with Crippen LogP contribution in [0.5, 0.6) is 0 Å². The van der Waals surface area contributed by atoms with Crippen LogP contribution < -0.4 is 5.32 Å². The molecule has 0 fully saturated rings. The molecule has 0 saturated heterocycles. The van der Waals surface area contributed by atoms with Crippen LogP contribution in [-0.2, 0) is 0 Å². The molecule has 6 heteroatoms. The molecule has 1 aromatic heterocycles. The van der Waals surface area contributed by atoms with Gasteiger partial charge in [-0.3, -0.25) is 5.32 Å². The molecule has 1 aromatic rings. The van der Waals surface area contributed by atoms with Gasteiger partial charge in [0.1, 0.15) is 4.60 Å². The molecule has 1 rings (SSSR count). The van der Waals surface area contributed by atoms with Crippen molar-refractivity contribution in [2.24, 2.45) is 0 Å². The summed E-state index contributed by atoms with van der Waals surface area (Å²) < 4.78 is 1.38. The van der Waals surface area contributed by atoms with E-state index in [-0.39, 0.29) is 0 Å². The molecule has 0 radical (unpaired) electrons. The van der Waals surface area contributed by atoms with Crippen molar-refractivity contribution in [2.75, 3.05) is 5.32 Å². The zero-order valence-electron chi connectivity index (χ0n) is 5.71. The highest BCUT2D eigenvalue weighted by molar-refractivity contribution is 14.1. The molecule has 0 aliphatic heterocycles. The molecule has 4 nitrogen and oxygen atoms in total. The number of nitrogens with one attached hydrogen (secondary N) is 1. The predicted octanol–water partition coefficient (Wildman–Crippen LogP) is 2.54. The first-order valence-electron chi connectivity index (χ1n) is 2.91. The Hall–Kier alpha value is -0.370. The Balaban J connectivity index is 3.00. The van der Waals surface area contributed by atoms with E-state index in [0.29, 0.717) is 10.3 Å². The maximum absolute atomic E-state index is 10.3. The summed E-state index contributed by atoms with van der Waals surface area (Å²) in [5, 5.41) is 10.7. The van der Waals surface area contributed by atoms with E-state index in [4.69, 9.17) is 5.11 Å². The second-order valence-corrected chi connectivity index (χ2v) is 3.72. The van der Waals surface area contributed by atoms with Crippen LogP contribution in [0.3, 0.4) is 0 Å². The number of rotatable bonds is 1. The standard InChI is InChI=1S/C6H4BrIN2O2/c7-5-4(8)3(1-2-9-5)10-6(11)12/h1-2H,(H,9,10)(H,11,12). The number of amides is 1. The zero-order chi connectivity index (χ0) is 9.14. The summed E-state index contributed by atoms with van der Waals surface area (Å²) in [6.07, 6.45) is 0.448. The molecule has 0 atom stereocenters. The van der Waals surface area contributed by atoms with E-state index in [1.807, 2.05) is 22.6 Å². The minimum atomic E-state index is -1.08. The van der Waals surface area contributed by atoms with Gasteiger partial charge in [0, 0.05) is 6.20 Å². The van der Waals surface area contributed by atoms with Gasteiger partial charge < -0.3 is 5.11 Å². The minimum absolute atomic E-state index is 0.532. The molecule has 12 heavy (non-hydrogen) atoms. The first kappa shape index (κ1) is 9.72. The van der Waals surface area contributed by atoms with Crippen molar-refractivity contribution >= 4 is 50.3 Å². The number of aromatic nitrogens is 1. The lowest BCUT2D eigenvalue weighted by molar-refractivity contribution is 0.209. The Kier molecular flexibility index (Phi) is 3.27. The molecular weight excluding hydrogens is 339 g/mol. The maximum atomic E-state index is 10.3. The Bertz CT molecular complexity index is 318. The minimum Gasteiger partial charge on any atom is -0.465 e. The molecule has 0 aliphatic carbocycles. The molecule has 1 amide bonds. The summed E-state index contributed by atoms with van der Waals surface area (Å²) in [5.74, 6) is 0. The topological polar surface area (TPSA) is 62.2 Å². The number of pyridine rings is 1. The van der Waals surface area contributed by atoms with Crippen molar-refractivity contribution < 1.29 is 9.90 Å². The Morgan fingerprint density at radius 3 is 3.00 bits per heavy atom. The lowest BCUT2D eigenvalue weighted by atomic mass is 10.4. The normalized spacial score (nSPS) is 9.50. The summed E-state index contributed by atoms with van der Waals surface area (Å²) in [6.45, 7) is 0. The van der Waals surface area contributed by atoms with Crippen LogP contribution >= 0.6 is 38.5 Å². The van der Waals surface area contributed by atoms with Gasteiger partial charge in [0.15, 0.2) is 0 Å². The zero-order valence-corrected chi connectivity index (χ0v) is 9.46. The van der Waals surface area contributed by atoms with Gasteiger partial charge in [-0.15, -0.1) is 0 Å². The summed E-state index contributed by atoms with van der Waals surface area (Å²) in [4.78, 5) is 14.2. The molecular formula is C6H4BrIN2O2. The van der Waals surface area contributed by atoms with Crippen molar-refractivity contribution in [3.63, 3.8) is 0 Å². The smallest absolute Gasteiger partial charge is 0.409 e. The molecule has 0 unspecified atom stereocenters. The first-order valence-corrected chi connectivity index (χ1v) is 4.78. The lowest BCUT2D eigenvalue weighted by Crippen LogP contribution is -2.08. The lowest BCUT2D eigenvalue weighted by Gasteiger charge is -2.03. The average molecular weight is 343 g/mol. The van der Waals surface area contributed by atoms with Crippen LogP contribution in [0.25, 0.3) is 0 Å². The van der Waals surface area contributed by atoms with Crippen molar-refractivity contribution in [3.05, 3.63) is 20.4 Å². The molecule has 0 saturated carbocycles. The summed E-state index contributed by atoms with van der Waals surface area (Å²) in [6, 6.07) is 1.60. The van der Waals surface area contributed by atoms with Crippen LogP contribution in [0.15, 0.2) is 16.9 Å². The molecule has 0 spiro atoms. The van der Waals surface area contributed by atoms with E-state index < -0.39 is 6.09 Å². The monoisotopic (exact) mass is 342 g/mol. The Morgan fingerprint density at radius 2 is 2.42 bits per heavy atom. The average Bonchev–Trinajstić information content (AvgIpc) is 1.98. The summed E-state index contributed by atoms with van der Waals surface area (Å²) in [5.41, 5.74) is 0.532. The van der Waals surface area contributed by atoms with Gasteiger partial charge >= 0.3 is 6.09 Å². The van der Waals surface area contributed by atoms with Gasteiger partial charge in [0.2, 0.25) is 0 Å². The van der Waals surface area contributed by atoms with Gasteiger partial charge in [0.05, 0.1) is 9.26 Å². The fourth-order valence-electron chi connectivity index (χ4n) is 0.630. The number of halogens is 2. The SMILES string of the molecule is O=C(O)Nc1ccnc(Br)c1I. The third-order valence-corrected chi connectivity index (χ3v) is 3.52. The highest BCUT2D eigenvalue weighted by Crippen LogP contribution is 2.23.